The third-order valence-corrected chi connectivity index (χ3v) is 4.78. The second-order valence-electron chi connectivity index (χ2n) is 5.34. The second kappa shape index (κ2) is 5.32. The molecule has 2 nitrogen and oxygen atoms in total. The number of fused-ring (bicyclic) bond motifs is 1. The van der Waals surface area contributed by atoms with Gasteiger partial charge in [0, 0.05) is 10.0 Å². The smallest absolute Gasteiger partial charge is 0.108 e. The molecule has 0 fully saturated rings. The summed E-state index contributed by atoms with van der Waals surface area (Å²) in [6.45, 7) is 5.82. The van der Waals surface area contributed by atoms with Gasteiger partial charge >= 0.3 is 0 Å². The van der Waals surface area contributed by atoms with Crippen LogP contribution >= 0.6 is 15.9 Å². The maximum atomic E-state index is 10.9. The average molecular weight is 345 g/mol. The van der Waals surface area contributed by atoms with Gasteiger partial charge in [0.05, 0.1) is 0 Å². The summed E-state index contributed by atoms with van der Waals surface area (Å²) in [5.74, 6) is 1.65. The number of hydrogen-bond acceptors (Lipinski definition) is 2. The highest BCUT2D eigenvalue weighted by atomic mass is 79.9. The van der Waals surface area contributed by atoms with Gasteiger partial charge < -0.3 is 9.52 Å². The van der Waals surface area contributed by atoms with E-state index in [4.69, 9.17) is 4.42 Å². The Balaban J connectivity index is 2.23. The van der Waals surface area contributed by atoms with Crippen molar-refractivity contribution in [3.63, 3.8) is 0 Å². The molecule has 0 aliphatic heterocycles. The zero-order valence-corrected chi connectivity index (χ0v) is 13.9. The van der Waals surface area contributed by atoms with Crippen molar-refractivity contribution in [1.82, 2.24) is 0 Å². The minimum atomic E-state index is -0.680. The first kappa shape index (κ1) is 14.4. The number of furan rings is 1. The monoisotopic (exact) mass is 344 g/mol. The predicted octanol–water partition coefficient (Wildman–Crippen LogP) is 5.20. The van der Waals surface area contributed by atoms with Gasteiger partial charge in [-0.05, 0) is 48.7 Å². The molecule has 1 heterocycles. The van der Waals surface area contributed by atoms with Crippen LogP contribution in [0.1, 0.15) is 34.3 Å². The van der Waals surface area contributed by atoms with E-state index in [1.807, 2.05) is 51.1 Å². The van der Waals surface area contributed by atoms with E-state index in [1.54, 1.807) is 0 Å². The standard InChI is InChI=1S/C18H17BrO2/c1-10-11(2)21-12(3)17(10)18(20)15-8-9-16(19)14-7-5-4-6-13(14)15/h4-9,18,20H,1-3H3. The molecular formula is C18H17BrO2. The number of rotatable bonds is 2. The molecule has 1 N–H and O–H groups in total. The molecule has 3 aromatic rings. The number of halogens is 1. The van der Waals surface area contributed by atoms with Crippen LogP contribution in [-0.2, 0) is 0 Å². The molecule has 108 valence electrons. The summed E-state index contributed by atoms with van der Waals surface area (Å²) < 4.78 is 6.69. The Morgan fingerprint density at radius 3 is 2.24 bits per heavy atom. The average Bonchev–Trinajstić information content (AvgIpc) is 2.72. The van der Waals surface area contributed by atoms with Crippen molar-refractivity contribution in [2.24, 2.45) is 0 Å². The molecule has 0 radical (unpaired) electrons. The van der Waals surface area contributed by atoms with Crippen molar-refractivity contribution in [1.29, 1.82) is 0 Å². The summed E-state index contributed by atoms with van der Waals surface area (Å²) in [7, 11) is 0. The number of aliphatic hydroxyl groups is 1. The summed E-state index contributed by atoms with van der Waals surface area (Å²) in [6, 6.07) is 12.0. The predicted molar refractivity (Wildman–Crippen MR) is 88.6 cm³/mol. The maximum Gasteiger partial charge on any atom is 0.108 e. The minimum Gasteiger partial charge on any atom is -0.466 e. The van der Waals surface area contributed by atoms with Crippen LogP contribution in [0.15, 0.2) is 45.3 Å². The van der Waals surface area contributed by atoms with Gasteiger partial charge in [0.15, 0.2) is 0 Å². The highest BCUT2D eigenvalue weighted by Crippen LogP contribution is 2.36. The van der Waals surface area contributed by atoms with Crippen LogP contribution in [0.4, 0.5) is 0 Å². The first-order chi connectivity index (χ1) is 10.0. The molecule has 0 amide bonds. The molecule has 1 atom stereocenters. The zero-order chi connectivity index (χ0) is 15.1. The van der Waals surface area contributed by atoms with E-state index >= 15 is 0 Å². The van der Waals surface area contributed by atoms with Crippen LogP contribution in [0, 0.1) is 20.8 Å². The van der Waals surface area contributed by atoms with Crippen molar-refractivity contribution >= 4 is 26.7 Å². The molecule has 0 saturated heterocycles. The van der Waals surface area contributed by atoms with E-state index in [0.29, 0.717) is 0 Å². The third-order valence-electron chi connectivity index (χ3n) is 4.09. The van der Waals surface area contributed by atoms with Gasteiger partial charge in [0.25, 0.3) is 0 Å². The molecule has 2 aromatic carbocycles. The van der Waals surface area contributed by atoms with Crippen molar-refractivity contribution in [3.05, 3.63) is 69.1 Å². The molecular weight excluding hydrogens is 328 g/mol. The van der Waals surface area contributed by atoms with E-state index < -0.39 is 6.10 Å². The fourth-order valence-corrected chi connectivity index (χ4v) is 3.37. The number of aliphatic hydroxyl groups excluding tert-OH is 1. The second-order valence-corrected chi connectivity index (χ2v) is 6.19. The summed E-state index contributed by atoms with van der Waals surface area (Å²) in [6.07, 6.45) is -0.680. The summed E-state index contributed by atoms with van der Waals surface area (Å²) in [5, 5.41) is 13.0. The molecule has 1 unspecified atom stereocenters. The van der Waals surface area contributed by atoms with Crippen molar-refractivity contribution < 1.29 is 9.52 Å². The minimum absolute atomic E-state index is 0.680. The van der Waals surface area contributed by atoms with Crippen LogP contribution in [0.25, 0.3) is 10.8 Å². The quantitative estimate of drug-likeness (QED) is 0.692. The Hall–Kier alpha value is -1.58. The van der Waals surface area contributed by atoms with Crippen LogP contribution in [0.3, 0.4) is 0 Å². The fourth-order valence-electron chi connectivity index (χ4n) is 2.89. The Morgan fingerprint density at radius 1 is 0.952 bits per heavy atom. The van der Waals surface area contributed by atoms with E-state index in [0.717, 1.165) is 43.5 Å². The van der Waals surface area contributed by atoms with Gasteiger partial charge in [0.1, 0.15) is 17.6 Å². The van der Waals surface area contributed by atoms with Gasteiger partial charge in [0.2, 0.25) is 0 Å². The molecule has 0 bridgehead atoms. The van der Waals surface area contributed by atoms with Crippen molar-refractivity contribution in [2.45, 2.75) is 26.9 Å². The Morgan fingerprint density at radius 2 is 1.62 bits per heavy atom. The molecule has 21 heavy (non-hydrogen) atoms. The van der Waals surface area contributed by atoms with Gasteiger partial charge in [-0.1, -0.05) is 46.3 Å². The van der Waals surface area contributed by atoms with Crippen LogP contribution < -0.4 is 0 Å². The number of aryl methyl sites for hydroxylation is 2. The van der Waals surface area contributed by atoms with E-state index in [2.05, 4.69) is 22.0 Å². The Kier molecular flexibility index (Phi) is 3.64. The summed E-state index contributed by atoms with van der Waals surface area (Å²) in [5.41, 5.74) is 2.80. The zero-order valence-electron chi connectivity index (χ0n) is 12.3. The van der Waals surface area contributed by atoms with Crippen LogP contribution in [0.5, 0.6) is 0 Å². The molecule has 0 aliphatic carbocycles. The van der Waals surface area contributed by atoms with Gasteiger partial charge in [-0.3, -0.25) is 0 Å². The SMILES string of the molecule is Cc1oc(C)c(C(O)c2ccc(Br)c3ccccc23)c1C. The molecule has 3 rings (SSSR count). The highest BCUT2D eigenvalue weighted by Gasteiger charge is 2.22. The Bertz CT molecular complexity index is 817. The first-order valence-corrected chi connectivity index (χ1v) is 7.71. The lowest BCUT2D eigenvalue weighted by Crippen LogP contribution is -2.03. The molecule has 3 heteroatoms. The van der Waals surface area contributed by atoms with E-state index in [1.165, 1.54) is 0 Å². The Labute approximate surface area is 132 Å². The van der Waals surface area contributed by atoms with Gasteiger partial charge in [-0.15, -0.1) is 0 Å². The molecule has 1 aromatic heterocycles. The topological polar surface area (TPSA) is 33.4 Å². The fraction of sp³-hybridized carbons (Fsp3) is 0.222. The molecule has 0 saturated carbocycles. The first-order valence-electron chi connectivity index (χ1n) is 6.92. The van der Waals surface area contributed by atoms with Crippen molar-refractivity contribution in [2.75, 3.05) is 0 Å². The van der Waals surface area contributed by atoms with Crippen LogP contribution in [0.2, 0.25) is 0 Å². The summed E-state index contributed by atoms with van der Waals surface area (Å²) >= 11 is 3.57. The van der Waals surface area contributed by atoms with Crippen molar-refractivity contribution in [3.8, 4) is 0 Å². The van der Waals surface area contributed by atoms with Gasteiger partial charge in [-0.2, -0.15) is 0 Å². The molecule has 0 aliphatic rings. The van der Waals surface area contributed by atoms with E-state index in [9.17, 15) is 5.11 Å². The van der Waals surface area contributed by atoms with E-state index in [-0.39, 0.29) is 0 Å². The van der Waals surface area contributed by atoms with Crippen LogP contribution in [-0.4, -0.2) is 5.11 Å². The highest BCUT2D eigenvalue weighted by molar-refractivity contribution is 9.10. The molecule has 0 spiro atoms. The normalized spacial score (nSPS) is 12.8. The third kappa shape index (κ3) is 2.30. The van der Waals surface area contributed by atoms with Gasteiger partial charge in [-0.25, -0.2) is 0 Å². The summed E-state index contributed by atoms with van der Waals surface area (Å²) in [4.78, 5) is 0. The lowest BCUT2D eigenvalue weighted by atomic mass is 9.94. The largest absolute Gasteiger partial charge is 0.466 e. The lowest BCUT2D eigenvalue weighted by Gasteiger charge is -2.15. The lowest BCUT2D eigenvalue weighted by molar-refractivity contribution is 0.219. The number of benzene rings is 2. The number of hydrogen-bond donors (Lipinski definition) is 1. The maximum absolute atomic E-state index is 10.9.